The molecule has 9 nitrogen and oxygen atoms in total. The van der Waals surface area contributed by atoms with E-state index in [1.807, 2.05) is 19.1 Å². The second-order valence-electron chi connectivity index (χ2n) is 5.64. The Kier molecular flexibility index (Phi) is 5.74. The molecule has 2 rings (SSSR count). The Morgan fingerprint density at radius 2 is 1.73 bits per heavy atom. The van der Waals surface area contributed by atoms with E-state index in [0.29, 0.717) is 11.3 Å². The highest BCUT2D eigenvalue weighted by atomic mass is 16.6. The van der Waals surface area contributed by atoms with Gasteiger partial charge < -0.3 is 0 Å². The molecule has 0 saturated heterocycles. The zero-order valence-corrected chi connectivity index (χ0v) is 14.1. The third-order valence-corrected chi connectivity index (χ3v) is 3.55. The van der Waals surface area contributed by atoms with Gasteiger partial charge in [-0.05, 0) is 19.9 Å². The summed E-state index contributed by atoms with van der Waals surface area (Å²) in [4.78, 5) is 32.5. The third kappa shape index (κ3) is 4.69. The van der Waals surface area contributed by atoms with Crippen molar-refractivity contribution in [2.75, 3.05) is 5.43 Å². The number of carbonyl (C=O) groups is 1. The molecule has 0 aliphatic heterocycles. The number of nitrogens with zero attached hydrogens (tertiary/aromatic N) is 3. The van der Waals surface area contributed by atoms with E-state index in [0.717, 1.165) is 17.7 Å². The monoisotopic (exact) mass is 356 g/mol. The van der Waals surface area contributed by atoms with Gasteiger partial charge in [0.1, 0.15) is 5.69 Å². The molecule has 0 aromatic heterocycles. The van der Waals surface area contributed by atoms with E-state index in [-0.39, 0.29) is 17.9 Å². The zero-order chi connectivity index (χ0) is 19.3. The van der Waals surface area contributed by atoms with Crippen molar-refractivity contribution in [2.45, 2.75) is 20.3 Å². The number of rotatable bonds is 7. The SMILES string of the molecule is CC(CC(=O)c1ccc(C)cc1)=NNc1ccc([N+](=O)[O-])cc1[N+](=O)[O-]. The van der Waals surface area contributed by atoms with Crippen molar-refractivity contribution in [3.05, 3.63) is 73.8 Å². The summed E-state index contributed by atoms with van der Waals surface area (Å²) in [6, 6.07) is 10.3. The van der Waals surface area contributed by atoms with E-state index in [2.05, 4.69) is 10.5 Å². The van der Waals surface area contributed by atoms with Gasteiger partial charge in [-0.3, -0.25) is 30.4 Å². The predicted molar refractivity (Wildman–Crippen MR) is 96.6 cm³/mol. The van der Waals surface area contributed by atoms with Crippen LogP contribution in [0.2, 0.25) is 0 Å². The number of aryl methyl sites for hydroxylation is 1. The Bertz CT molecular complexity index is 891. The lowest BCUT2D eigenvalue weighted by molar-refractivity contribution is -0.393. The number of non-ortho nitro benzene ring substituents is 1. The number of ketones is 1. The maximum Gasteiger partial charge on any atom is 0.301 e. The topological polar surface area (TPSA) is 128 Å². The Balaban J connectivity index is 2.13. The first-order chi connectivity index (χ1) is 12.3. The van der Waals surface area contributed by atoms with E-state index >= 15 is 0 Å². The second-order valence-corrected chi connectivity index (χ2v) is 5.64. The molecule has 2 aromatic carbocycles. The van der Waals surface area contributed by atoms with E-state index in [1.54, 1.807) is 19.1 Å². The lowest BCUT2D eigenvalue weighted by atomic mass is 10.0. The first-order valence-electron chi connectivity index (χ1n) is 7.60. The quantitative estimate of drug-likeness (QED) is 0.347. The fourth-order valence-electron chi connectivity index (χ4n) is 2.15. The molecule has 2 aromatic rings. The maximum absolute atomic E-state index is 12.2. The van der Waals surface area contributed by atoms with Crippen LogP contribution in [0.25, 0.3) is 0 Å². The van der Waals surface area contributed by atoms with Crippen LogP contribution in [0, 0.1) is 27.2 Å². The van der Waals surface area contributed by atoms with Gasteiger partial charge in [-0.25, -0.2) is 0 Å². The summed E-state index contributed by atoms with van der Waals surface area (Å²) in [6.07, 6.45) is 0.0385. The van der Waals surface area contributed by atoms with Crippen LogP contribution in [0.1, 0.15) is 29.3 Å². The molecule has 134 valence electrons. The molecule has 0 bridgehead atoms. The first kappa shape index (κ1) is 18.7. The minimum absolute atomic E-state index is 0.00253. The minimum atomic E-state index is -0.738. The van der Waals surface area contributed by atoms with Crippen molar-refractivity contribution in [3.63, 3.8) is 0 Å². The molecule has 0 unspecified atom stereocenters. The summed E-state index contributed by atoms with van der Waals surface area (Å²) in [5.74, 6) is -0.133. The van der Waals surface area contributed by atoms with Crippen LogP contribution in [0.5, 0.6) is 0 Å². The summed E-state index contributed by atoms with van der Waals surface area (Å²) in [7, 11) is 0. The average molecular weight is 356 g/mol. The Labute approximate surface area is 148 Å². The molecule has 26 heavy (non-hydrogen) atoms. The number of carbonyl (C=O) groups excluding carboxylic acids is 1. The van der Waals surface area contributed by atoms with Crippen molar-refractivity contribution in [2.24, 2.45) is 5.10 Å². The lowest BCUT2D eigenvalue weighted by Crippen LogP contribution is -2.07. The minimum Gasteiger partial charge on any atom is -0.294 e. The number of hydrazone groups is 1. The molecule has 0 atom stereocenters. The highest BCUT2D eigenvalue weighted by Gasteiger charge is 2.19. The largest absolute Gasteiger partial charge is 0.301 e. The predicted octanol–water partition coefficient (Wildman–Crippen LogP) is 3.87. The molecule has 0 saturated carbocycles. The van der Waals surface area contributed by atoms with Crippen LogP contribution in [0.3, 0.4) is 0 Å². The highest BCUT2D eigenvalue weighted by Crippen LogP contribution is 2.28. The second kappa shape index (κ2) is 7.97. The number of nitro benzene ring substituents is 2. The molecule has 1 N–H and O–H groups in total. The number of benzene rings is 2. The van der Waals surface area contributed by atoms with Gasteiger partial charge in [0.2, 0.25) is 0 Å². The zero-order valence-electron chi connectivity index (χ0n) is 14.1. The molecule has 0 spiro atoms. The highest BCUT2D eigenvalue weighted by molar-refractivity contribution is 6.09. The molecular weight excluding hydrogens is 340 g/mol. The number of hydrogen-bond acceptors (Lipinski definition) is 7. The molecule has 0 fully saturated rings. The summed E-state index contributed by atoms with van der Waals surface area (Å²) >= 11 is 0. The van der Waals surface area contributed by atoms with E-state index in [1.165, 1.54) is 6.07 Å². The van der Waals surface area contributed by atoms with Crippen LogP contribution in [0.4, 0.5) is 17.1 Å². The normalized spacial score (nSPS) is 11.1. The molecular formula is C17H16N4O5. The fourth-order valence-corrected chi connectivity index (χ4v) is 2.15. The Morgan fingerprint density at radius 1 is 1.08 bits per heavy atom. The van der Waals surface area contributed by atoms with Crippen LogP contribution in [0.15, 0.2) is 47.6 Å². The van der Waals surface area contributed by atoms with Gasteiger partial charge in [0.25, 0.3) is 5.69 Å². The summed E-state index contributed by atoms with van der Waals surface area (Å²) < 4.78 is 0. The van der Waals surface area contributed by atoms with Gasteiger partial charge in [0.15, 0.2) is 5.78 Å². The Morgan fingerprint density at radius 3 is 2.31 bits per heavy atom. The number of nitro groups is 2. The lowest BCUT2D eigenvalue weighted by Gasteiger charge is -2.05. The van der Waals surface area contributed by atoms with Gasteiger partial charge >= 0.3 is 5.69 Å². The third-order valence-electron chi connectivity index (χ3n) is 3.55. The van der Waals surface area contributed by atoms with Crippen molar-refractivity contribution in [1.82, 2.24) is 0 Å². The van der Waals surface area contributed by atoms with E-state index in [4.69, 9.17) is 0 Å². The smallest absolute Gasteiger partial charge is 0.294 e. The van der Waals surface area contributed by atoms with Crippen LogP contribution >= 0.6 is 0 Å². The van der Waals surface area contributed by atoms with Gasteiger partial charge in [-0.1, -0.05) is 29.8 Å². The molecule has 0 aliphatic rings. The summed E-state index contributed by atoms with van der Waals surface area (Å²) in [5.41, 5.74) is 3.65. The molecule has 0 amide bonds. The van der Waals surface area contributed by atoms with Crippen LogP contribution in [-0.2, 0) is 0 Å². The van der Waals surface area contributed by atoms with Crippen molar-refractivity contribution in [1.29, 1.82) is 0 Å². The summed E-state index contributed by atoms with van der Waals surface area (Å²) in [6.45, 7) is 3.53. The van der Waals surface area contributed by atoms with Crippen LogP contribution in [-0.4, -0.2) is 21.3 Å². The number of anilines is 1. The van der Waals surface area contributed by atoms with Gasteiger partial charge in [0, 0.05) is 17.3 Å². The maximum atomic E-state index is 12.2. The fraction of sp³-hybridized carbons (Fsp3) is 0.176. The molecule has 0 aliphatic carbocycles. The van der Waals surface area contributed by atoms with Crippen LogP contribution < -0.4 is 5.43 Å². The molecule has 9 heteroatoms. The van der Waals surface area contributed by atoms with Crippen molar-refractivity contribution < 1.29 is 14.6 Å². The first-order valence-corrected chi connectivity index (χ1v) is 7.60. The number of nitrogens with one attached hydrogen (secondary N) is 1. The summed E-state index contributed by atoms with van der Waals surface area (Å²) in [5, 5.41) is 25.8. The molecule has 0 heterocycles. The number of Topliss-reactive ketones (excluding diaryl/α,β-unsaturated/α-hetero) is 1. The van der Waals surface area contributed by atoms with Gasteiger partial charge in [0.05, 0.1) is 22.3 Å². The molecule has 0 radical (unpaired) electrons. The van der Waals surface area contributed by atoms with Crippen molar-refractivity contribution >= 4 is 28.6 Å². The van der Waals surface area contributed by atoms with Gasteiger partial charge in [-0.15, -0.1) is 0 Å². The Hall–Kier alpha value is -3.62. The van der Waals surface area contributed by atoms with E-state index < -0.39 is 21.2 Å². The standard InChI is InChI=1S/C17H16N4O5/c1-11-3-5-13(6-4-11)17(22)9-12(2)18-19-15-8-7-14(20(23)24)10-16(15)21(25)26/h3-8,10,19H,9H2,1-2H3. The number of hydrogen-bond donors (Lipinski definition) is 1. The van der Waals surface area contributed by atoms with Crippen molar-refractivity contribution in [3.8, 4) is 0 Å². The van der Waals surface area contributed by atoms with Gasteiger partial charge in [-0.2, -0.15) is 5.10 Å². The average Bonchev–Trinajstić information content (AvgIpc) is 2.60. The van der Waals surface area contributed by atoms with E-state index in [9.17, 15) is 25.0 Å².